The summed E-state index contributed by atoms with van der Waals surface area (Å²) in [5, 5.41) is 16.7. The maximum absolute atomic E-state index is 13.9. The minimum atomic E-state index is -0.533. The topological polar surface area (TPSA) is 164 Å². The quantitative estimate of drug-likeness (QED) is 0.113. The van der Waals surface area contributed by atoms with Crippen LogP contribution in [0, 0.1) is 24.7 Å². The lowest BCUT2D eigenvalue weighted by molar-refractivity contribution is -0.129. The molecule has 2 amide bonds. The van der Waals surface area contributed by atoms with Gasteiger partial charge in [-0.15, -0.1) is 0 Å². The molecule has 6 rings (SSSR count). The van der Waals surface area contributed by atoms with E-state index in [-0.39, 0.29) is 36.0 Å². The van der Waals surface area contributed by atoms with Crippen LogP contribution in [0.15, 0.2) is 66.7 Å². The fraction of sp³-hybridized carbons (Fsp3) is 0.439. The average molecular weight is 706 g/mol. The van der Waals surface area contributed by atoms with E-state index in [9.17, 15) is 14.4 Å². The standard InChI is InChI=1S/C41H51N7O4/c1-26-21-32(40(50)45-35-17-19-43-20-18-35)13-16-36(26)29-7-3-27(4-8-29)22-33(23-37(49)30-9-5-28(24-42)6-10-30)41(51)44-34-14-11-31(12-15-34)39-46-38(25-52-2)47-48-39/h3-4,7-8,11-16,21,28,30,33,35,43H,5-6,9-10,17-20,22-25,42H2,1-2H3,(H,44,51)(H,45,50)(H,46,47,48)/t28?,30?,33-/m1/s1. The predicted octanol–water partition coefficient (Wildman–Crippen LogP) is 5.60. The first-order chi connectivity index (χ1) is 25.3. The number of nitrogens with two attached hydrogens (primary N) is 1. The van der Waals surface area contributed by atoms with Gasteiger partial charge in [-0.25, -0.2) is 4.98 Å². The van der Waals surface area contributed by atoms with Crippen LogP contribution in [0.4, 0.5) is 5.69 Å². The second-order valence-corrected chi connectivity index (χ2v) is 14.4. The number of amides is 2. The number of nitrogens with zero attached hydrogens (tertiary/aromatic N) is 2. The highest BCUT2D eigenvalue weighted by Crippen LogP contribution is 2.32. The minimum Gasteiger partial charge on any atom is -0.377 e. The van der Waals surface area contributed by atoms with Crippen molar-refractivity contribution in [3.8, 4) is 22.5 Å². The molecule has 4 aromatic rings. The van der Waals surface area contributed by atoms with Crippen molar-refractivity contribution in [3.05, 3.63) is 89.2 Å². The number of aromatic nitrogens is 3. The number of ketones is 1. The Balaban J connectivity index is 1.13. The minimum absolute atomic E-state index is 0.0307. The summed E-state index contributed by atoms with van der Waals surface area (Å²) in [6.45, 7) is 4.86. The maximum Gasteiger partial charge on any atom is 0.251 e. The number of methoxy groups -OCH3 is 1. The molecule has 0 bridgehead atoms. The third kappa shape index (κ3) is 9.58. The molecule has 1 aliphatic carbocycles. The van der Waals surface area contributed by atoms with Gasteiger partial charge < -0.3 is 26.4 Å². The van der Waals surface area contributed by atoms with E-state index in [1.807, 2.05) is 61.5 Å². The van der Waals surface area contributed by atoms with Crippen molar-refractivity contribution in [2.75, 3.05) is 32.1 Å². The van der Waals surface area contributed by atoms with E-state index in [1.54, 1.807) is 7.11 Å². The second kappa shape index (κ2) is 17.7. The summed E-state index contributed by atoms with van der Waals surface area (Å²) in [6.07, 6.45) is 6.07. The fourth-order valence-electron chi connectivity index (χ4n) is 7.43. The van der Waals surface area contributed by atoms with E-state index in [4.69, 9.17) is 10.5 Å². The number of hydrogen-bond donors (Lipinski definition) is 5. The van der Waals surface area contributed by atoms with Crippen molar-refractivity contribution in [1.82, 2.24) is 25.8 Å². The Hall–Kier alpha value is -4.71. The number of aryl methyl sites for hydroxylation is 1. The fourth-order valence-corrected chi connectivity index (χ4v) is 7.43. The Labute approximate surface area is 305 Å². The predicted molar refractivity (Wildman–Crippen MR) is 202 cm³/mol. The first kappa shape index (κ1) is 37.1. The molecule has 11 nitrogen and oxygen atoms in total. The number of nitrogens with one attached hydrogen (secondary N) is 4. The lowest BCUT2D eigenvalue weighted by Gasteiger charge is -2.27. The van der Waals surface area contributed by atoms with E-state index >= 15 is 0 Å². The van der Waals surface area contributed by atoms with Gasteiger partial charge in [-0.3, -0.25) is 19.5 Å². The van der Waals surface area contributed by atoms with E-state index < -0.39 is 5.92 Å². The molecule has 2 heterocycles. The number of H-pyrrole nitrogens is 1. The number of carbonyl (C=O) groups is 3. The molecule has 1 saturated carbocycles. The Kier molecular flexibility index (Phi) is 12.6. The van der Waals surface area contributed by atoms with Gasteiger partial charge in [0.15, 0.2) is 11.6 Å². The molecule has 1 aromatic heterocycles. The summed E-state index contributed by atoms with van der Waals surface area (Å²) in [5.74, 6) is 1.02. The van der Waals surface area contributed by atoms with Crippen LogP contribution in [0.3, 0.4) is 0 Å². The number of aromatic amines is 1. The summed E-state index contributed by atoms with van der Waals surface area (Å²) in [6, 6.07) is 21.6. The van der Waals surface area contributed by atoms with Gasteiger partial charge in [0.1, 0.15) is 12.4 Å². The van der Waals surface area contributed by atoms with Crippen molar-refractivity contribution in [2.45, 2.75) is 70.9 Å². The van der Waals surface area contributed by atoms with Crippen LogP contribution in [-0.4, -0.2) is 65.6 Å². The van der Waals surface area contributed by atoms with Gasteiger partial charge in [-0.05, 0) is 136 Å². The maximum atomic E-state index is 13.9. The zero-order valence-corrected chi connectivity index (χ0v) is 30.3. The zero-order chi connectivity index (χ0) is 36.5. The van der Waals surface area contributed by atoms with E-state index in [0.717, 1.165) is 79.4 Å². The van der Waals surface area contributed by atoms with Gasteiger partial charge in [0, 0.05) is 48.2 Å². The molecule has 1 saturated heterocycles. The van der Waals surface area contributed by atoms with Crippen LogP contribution < -0.4 is 21.7 Å². The van der Waals surface area contributed by atoms with Gasteiger partial charge in [0.2, 0.25) is 5.91 Å². The van der Waals surface area contributed by atoms with Crippen LogP contribution in [-0.2, 0) is 27.4 Å². The third-order valence-corrected chi connectivity index (χ3v) is 10.6. The molecule has 1 aliphatic heterocycles. The highest BCUT2D eigenvalue weighted by atomic mass is 16.5. The molecule has 52 heavy (non-hydrogen) atoms. The molecule has 11 heteroatoms. The summed E-state index contributed by atoms with van der Waals surface area (Å²) in [7, 11) is 1.60. The number of hydrogen-bond acceptors (Lipinski definition) is 8. The number of rotatable bonds is 14. The number of piperidine rings is 1. The molecule has 2 aliphatic rings. The Morgan fingerprint density at radius 2 is 1.63 bits per heavy atom. The largest absolute Gasteiger partial charge is 0.377 e. The lowest BCUT2D eigenvalue weighted by atomic mass is 9.77. The van der Waals surface area contributed by atoms with Crippen LogP contribution >= 0.6 is 0 Å². The first-order valence-electron chi connectivity index (χ1n) is 18.6. The molecule has 6 N–H and O–H groups in total. The van der Waals surface area contributed by atoms with Crippen molar-refractivity contribution < 1.29 is 19.1 Å². The number of ether oxygens (including phenoxy) is 1. The number of benzene rings is 3. The van der Waals surface area contributed by atoms with Crippen molar-refractivity contribution in [3.63, 3.8) is 0 Å². The number of carbonyl (C=O) groups excluding carboxylic acids is 3. The summed E-state index contributed by atoms with van der Waals surface area (Å²) in [4.78, 5) is 44.8. The first-order valence-corrected chi connectivity index (χ1v) is 18.6. The monoisotopic (exact) mass is 705 g/mol. The van der Waals surface area contributed by atoms with Crippen LogP contribution in [0.1, 0.15) is 72.3 Å². The molecule has 1 atom stereocenters. The molecule has 0 spiro atoms. The lowest BCUT2D eigenvalue weighted by Crippen LogP contribution is -2.42. The number of anilines is 1. The molecule has 274 valence electrons. The van der Waals surface area contributed by atoms with E-state index in [2.05, 4.69) is 43.3 Å². The van der Waals surface area contributed by atoms with Gasteiger partial charge in [0.05, 0.1) is 0 Å². The van der Waals surface area contributed by atoms with Crippen molar-refractivity contribution in [2.24, 2.45) is 23.5 Å². The van der Waals surface area contributed by atoms with Crippen molar-refractivity contribution in [1.29, 1.82) is 0 Å². The van der Waals surface area contributed by atoms with Gasteiger partial charge >= 0.3 is 0 Å². The summed E-state index contributed by atoms with van der Waals surface area (Å²) in [5.41, 5.74) is 12.1. The molecule has 3 aromatic carbocycles. The smallest absolute Gasteiger partial charge is 0.251 e. The highest BCUT2D eigenvalue weighted by molar-refractivity contribution is 5.96. The zero-order valence-electron chi connectivity index (χ0n) is 30.3. The van der Waals surface area contributed by atoms with E-state index in [0.29, 0.717) is 48.4 Å². The van der Waals surface area contributed by atoms with Crippen LogP contribution in [0.2, 0.25) is 0 Å². The highest BCUT2D eigenvalue weighted by Gasteiger charge is 2.30. The molecule has 0 unspecified atom stereocenters. The van der Waals surface area contributed by atoms with E-state index in [1.165, 1.54) is 0 Å². The Bertz CT molecular complexity index is 1810. The molecular formula is C41H51N7O4. The number of Topliss-reactive ketones (excluding diaryl/α,β-unsaturated/α-hetero) is 1. The van der Waals surface area contributed by atoms with Crippen LogP contribution in [0.5, 0.6) is 0 Å². The normalized spacial score (nSPS) is 18.4. The third-order valence-electron chi connectivity index (χ3n) is 10.6. The average Bonchev–Trinajstić information content (AvgIpc) is 3.64. The molecule has 0 radical (unpaired) electrons. The Morgan fingerprint density at radius 1 is 0.923 bits per heavy atom. The molecule has 2 fully saturated rings. The van der Waals surface area contributed by atoms with Gasteiger partial charge in [-0.1, -0.05) is 30.3 Å². The summed E-state index contributed by atoms with van der Waals surface area (Å²) < 4.78 is 5.12. The molecular weight excluding hydrogens is 654 g/mol. The van der Waals surface area contributed by atoms with Crippen molar-refractivity contribution >= 4 is 23.3 Å². The van der Waals surface area contributed by atoms with Gasteiger partial charge in [-0.2, -0.15) is 5.10 Å². The Morgan fingerprint density at radius 3 is 2.31 bits per heavy atom. The SMILES string of the molecule is COCc1nc(-c2ccc(NC(=O)[C@@H](CC(=O)C3CCC(CN)CC3)Cc3ccc(-c4ccc(C(=O)NC5CCNCC5)cc4C)cc3)cc2)n[nH]1. The second-order valence-electron chi connectivity index (χ2n) is 14.4. The van der Waals surface area contributed by atoms with Crippen LogP contribution in [0.25, 0.3) is 22.5 Å². The summed E-state index contributed by atoms with van der Waals surface area (Å²) >= 11 is 0. The van der Waals surface area contributed by atoms with Gasteiger partial charge in [0.25, 0.3) is 5.91 Å².